The lowest BCUT2D eigenvalue weighted by Gasteiger charge is -2.38. The molecule has 2 saturated heterocycles. The first-order chi connectivity index (χ1) is 12.8. The fourth-order valence-electron chi connectivity index (χ4n) is 5.23. The summed E-state index contributed by atoms with van der Waals surface area (Å²) in [6.07, 6.45) is 15.6. The Balaban J connectivity index is 1.30. The van der Waals surface area contributed by atoms with Crippen molar-refractivity contribution in [2.45, 2.75) is 70.1 Å². The van der Waals surface area contributed by atoms with E-state index in [0.29, 0.717) is 6.10 Å². The topological polar surface area (TPSA) is 33.5 Å². The average molecular weight is 361 g/mol. The summed E-state index contributed by atoms with van der Waals surface area (Å²) in [7, 11) is 2.01. The van der Waals surface area contributed by atoms with Gasteiger partial charge in [-0.05, 0) is 57.5 Å². The molecular formula is C21H36N4O. The van der Waals surface area contributed by atoms with Gasteiger partial charge in [0.2, 0.25) is 0 Å². The lowest BCUT2D eigenvalue weighted by atomic mass is 9.94. The Hall–Kier alpha value is -0.910. The number of rotatable bonds is 7. The van der Waals surface area contributed by atoms with Crippen molar-refractivity contribution in [3.8, 4) is 0 Å². The molecule has 0 amide bonds. The van der Waals surface area contributed by atoms with Crippen LogP contribution in [0.5, 0.6) is 0 Å². The van der Waals surface area contributed by atoms with Gasteiger partial charge >= 0.3 is 0 Å². The molecule has 146 valence electrons. The maximum absolute atomic E-state index is 5.93. The highest BCUT2D eigenvalue weighted by atomic mass is 16.5. The van der Waals surface area contributed by atoms with Gasteiger partial charge in [0.15, 0.2) is 0 Å². The van der Waals surface area contributed by atoms with Gasteiger partial charge in [-0.1, -0.05) is 12.8 Å². The molecule has 0 N–H and O–H groups in total. The minimum absolute atomic E-state index is 0.435. The fourth-order valence-corrected chi connectivity index (χ4v) is 5.23. The third kappa shape index (κ3) is 4.87. The monoisotopic (exact) mass is 360 g/mol. The van der Waals surface area contributed by atoms with Crippen LogP contribution in [0.1, 0.15) is 56.9 Å². The maximum atomic E-state index is 5.93. The van der Waals surface area contributed by atoms with Gasteiger partial charge < -0.3 is 9.64 Å². The smallest absolute Gasteiger partial charge is 0.0702 e. The minimum atomic E-state index is 0.435. The van der Waals surface area contributed by atoms with E-state index in [-0.39, 0.29) is 0 Å². The highest BCUT2D eigenvalue weighted by Crippen LogP contribution is 2.28. The van der Waals surface area contributed by atoms with Crippen LogP contribution in [0.3, 0.4) is 0 Å². The first-order valence-electron chi connectivity index (χ1n) is 10.8. The average Bonchev–Trinajstić information content (AvgIpc) is 3.39. The zero-order valence-corrected chi connectivity index (χ0v) is 16.5. The lowest BCUT2D eigenvalue weighted by molar-refractivity contribution is 0.0540. The summed E-state index contributed by atoms with van der Waals surface area (Å²) in [5.41, 5.74) is 1.33. The minimum Gasteiger partial charge on any atom is -0.377 e. The summed E-state index contributed by atoms with van der Waals surface area (Å²) < 4.78 is 7.85. The standard InChI is InChI=1S/C21H36N4O/c1-23-14-19(13-22-23)16-24(17-21-7-4-12-26-21)15-18-8-10-25(11-9-18)20-5-2-3-6-20/h13-14,18,20-21H,2-12,15-17H2,1H3. The van der Waals surface area contributed by atoms with Crippen LogP contribution in [0, 0.1) is 5.92 Å². The number of nitrogens with zero attached hydrogens (tertiary/aromatic N) is 4. The number of aryl methyl sites for hydroxylation is 1. The van der Waals surface area contributed by atoms with E-state index in [2.05, 4.69) is 21.1 Å². The van der Waals surface area contributed by atoms with E-state index < -0.39 is 0 Å². The van der Waals surface area contributed by atoms with Gasteiger partial charge in [-0.25, -0.2) is 0 Å². The molecule has 3 heterocycles. The molecule has 1 aromatic heterocycles. The molecule has 5 heteroatoms. The Morgan fingerprint density at radius 1 is 1.08 bits per heavy atom. The number of hydrogen-bond acceptors (Lipinski definition) is 4. The first-order valence-corrected chi connectivity index (χ1v) is 10.8. The van der Waals surface area contributed by atoms with Crippen molar-refractivity contribution < 1.29 is 4.74 Å². The number of ether oxygens (including phenoxy) is 1. The molecule has 1 saturated carbocycles. The number of aromatic nitrogens is 2. The highest BCUT2D eigenvalue weighted by molar-refractivity contribution is 5.03. The Bertz CT molecular complexity index is 540. The molecule has 1 unspecified atom stereocenters. The van der Waals surface area contributed by atoms with Crippen LogP contribution in [-0.4, -0.2) is 64.5 Å². The van der Waals surface area contributed by atoms with Gasteiger partial charge in [-0.3, -0.25) is 9.58 Å². The van der Waals surface area contributed by atoms with Gasteiger partial charge in [-0.15, -0.1) is 0 Å². The molecule has 0 aromatic carbocycles. The van der Waals surface area contributed by atoms with Crippen molar-refractivity contribution in [3.05, 3.63) is 18.0 Å². The zero-order valence-electron chi connectivity index (χ0n) is 16.5. The van der Waals surface area contributed by atoms with Crippen molar-refractivity contribution in [3.63, 3.8) is 0 Å². The SMILES string of the molecule is Cn1cc(CN(CC2CCN(C3CCCC3)CC2)CC2CCCO2)cn1. The van der Waals surface area contributed by atoms with Crippen molar-refractivity contribution in [2.75, 3.05) is 32.8 Å². The molecule has 5 nitrogen and oxygen atoms in total. The molecule has 1 aromatic rings. The second-order valence-corrected chi connectivity index (χ2v) is 8.77. The third-order valence-corrected chi connectivity index (χ3v) is 6.66. The van der Waals surface area contributed by atoms with E-state index in [1.165, 1.54) is 76.6 Å². The summed E-state index contributed by atoms with van der Waals surface area (Å²) in [6.45, 7) is 6.89. The molecule has 1 aliphatic carbocycles. The number of likely N-dealkylation sites (tertiary alicyclic amines) is 1. The molecule has 0 bridgehead atoms. The molecular weight excluding hydrogens is 324 g/mol. The Labute approximate surface area is 158 Å². The molecule has 1 atom stereocenters. The Morgan fingerprint density at radius 2 is 1.88 bits per heavy atom. The second-order valence-electron chi connectivity index (χ2n) is 8.77. The van der Waals surface area contributed by atoms with Crippen LogP contribution in [0.25, 0.3) is 0 Å². The van der Waals surface area contributed by atoms with Gasteiger partial charge in [0.05, 0.1) is 12.3 Å². The van der Waals surface area contributed by atoms with E-state index in [1.807, 2.05) is 17.9 Å². The van der Waals surface area contributed by atoms with Crippen molar-refractivity contribution >= 4 is 0 Å². The largest absolute Gasteiger partial charge is 0.377 e. The van der Waals surface area contributed by atoms with Crippen molar-refractivity contribution in [1.29, 1.82) is 0 Å². The summed E-state index contributed by atoms with van der Waals surface area (Å²) in [5.74, 6) is 0.839. The third-order valence-electron chi connectivity index (χ3n) is 6.66. The first kappa shape index (κ1) is 18.5. The van der Waals surface area contributed by atoms with Crippen LogP contribution in [-0.2, 0) is 18.3 Å². The van der Waals surface area contributed by atoms with E-state index >= 15 is 0 Å². The summed E-state index contributed by atoms with van der Waals surface area (Å²) in [5, 5.41) is 4.35. The summed E-state index contributed by atoms with van der Waals surface area (Å²) in [4.78, 5) is 5.43. The van der Waals surface area contributed by atoms with Crippen molar-refractivity contribution in [1.82, 2.24) is 19.6 Å². The van der Waals surface area contributed by atoms with E-state index in [0.717, 1.165) is 31.7 Å². The molecule has 2 aliphatic heterocycles. The van der Waals surface area contributed by atoms with Crippen LogP contribution < -0.4 is 0 Å². The molecule has 3 fully saturated rings. The van der Waals surface area contributed by atoms with Crippen LogP contribution >= 0.6 is 0 Å². The van der Waals surface area contributed by atoms with E-state index in [1.54, 1.807) is 0 Å². The predicted molar refractivity (Wildman–Crippen MR) is 104 cm³/mol. The predicted octanol–water partition coefficient (Wildman–Crippen LogP) is 3.06. The molecule has 0 spiro atoms. The zero-order chi connectivity index (χ0) is 17.8. The molecule has 0 radical (unpaired) electrons. The van der Waals surface area contributed by atoms with Crippen LogP contribution in [0.4, 0.5) is 0 Å². The number of piperidine rings is 1. The highest BCUT2D eigenvalue weighted by Gasteiger charge is 2.29. The normalized spacial score (nSPS) is 26.3. The van der Waals surface area contributed by atoms with E-state index in [9.17, 15) is 0 Å². The Kier molecular flexibility index (Phi) is 6.28. The quantitative estimate of drug-likeness (QED) is 0.748. The molecule has 4 rings (SSSR count). The maximum Gasteiger partial charge on any atom is 0.0702 e. The van der Waals surface area contributed by atoms with Crippen molar-refractivity contribution in [2.24, 2.45) is 13.0 Å². The number of hydrogen-bond donors (Lipinski definition) is 0. The Morgan fingerprint density at radius 3 is 2.54 bits per heavy atom. The van der Waals surface area contributed by atoms with Gasteiger partial charge in [-0.2, -0.15) is 5.10 Å². The van der Waals surface area contributed by atoms with E-state index in [4.69, 9.17) is 4.74 Å². The van der Waals surface area contributed by atoms with Gasteiger partial charge in [0.25, 0.3) is 0 Å². The second kappa shape index (κ2) is 8.85. The summed E-state index contributed by atoms with van der Waals surface area (Å²) >= 11 is 0. The van der Waals surface area contributed by atoms with Gasteiger partial charge in [0, 0.05) is 51.1 Å². The molecule has 26 heavy (non-hydrogen) atoms. The van der Waals surface area contributed by atoms with Crippen LogP contribution in [0.15, 0.2) is 12.4 Å². The fraction of sp³-hybridized carbons (Fsp3) is 0.857. The lowest BCUT2D eigenvalue weighted by Crippen LogP contribution is -2.43. The molecule has 3 aliphatic rings. The van der Waals surface area contributed by atoms with Gasteiger partial charge in [0.1, 0.15) is 0 Å². The summed E-state index contributed by atoms with van der Waals surface area (Å²) in [6, 6.07) is 0.898. The van der Waals surface area contributed by atoms with Crippen LogP contribution in [0.2, 0.25) is 0 Å².